The number of thioether (sulfide) groups is 1. The number of rotatable bonds is 4. The van der Waals surface area contributed by atoms with E-state index in [4.69, 9.17) is 10.5 Å². The molecular weight excluding hydrogens is 296 g/mol. The largest absolute Gasteiger partial charge is 0.495 e. The van der Waals surface area contributed by atoms with Gasteiger partial charge in [0.2, 0.25) is 10.0 Å². The molecule has 1 unspecified atom stereocenters. The fourth-order valence-electron chi connectivity index (χ4n) is 2.25. The lowest BCUT2D eigenvalue weighted by Gasteiger charge is -2.32. The second-order valence-electron chi connectivity index (χ2n) is 4.73. The van der Waals surface area contributed by atoms with Gasteiger partial charge in [0, 0.05) is 30.6 Å². The maximum atomic E-state index is 12.8. The molecule has 7 heteroatoms. The van der Waals surface area contributed by atoms with E-state index in [0.717, 1.165) is 17.1 Å². The third kappa shape index (κ3) is 2.95. The maximum Gasteiger partial charge on any atom is 0.247 e. The van der Waals surface area contributed by atoms with Crippen molar-refractivity contribution in [1.29, 1.82) is 0 Å². The van der Waals surface area contributed by atoms with E-state index in [1.807, 2.05) is 6.92 Å². The van der Waals surface area contributed by atoms with Crippen LogP contribution in [0, 0.1) is 0 Å². The van der Waals surface area contributed by atoms with Gasteiger partial charge in [-0.1, -0.05) is 6.07 Å². The number of methoxy groups -OCH3 is 1. The molecule has 0 aromatic heterocycles. The van der Waals surface area contributed by atoms with Gasteiger partial charge in [-0.2, -0.15) is 16.1 Å². The Morgan fingerprint density at radius 2 is 2.25 bits per heavy atom. The third-order valence-corrected chi connectivity index (χ3v) is 6.58. The fraction of sp³-hybridized carbons (Fsp3) is 0.538. The highest BCUT2D eigenvalue weighted by Crippen LogP contribution is 2.31. The molecule has 5 nitrogen and oxygen atoms in total. The molecule has 1 aliphatic rings. The number of hydrogen-bond acceptors (Lipinski definition) is 5. The third-order valence-electron chi connectivity index (χ3n) is 3.36. The van der Waals surface area contributed by atoms with Crippen LogP contribution in [0.5, 0.6) is 5.75 Å². The van der Waals surface area contributed by atoms with Gasteiger partial charge in [0.1, 0.15) is 10.6 Å². The Labute approximate surface area is 124 Å². The van der Waals surface area contributed by atoms with E-state index in [1.54, 1.807) is 34.3 Å². The van der Waals surface area contributed by atoms with Gasteiger partial charge in [-0.15, -0.1) is 0 Å². The first kappa shape index (κ1) is 15.6. The Hall–Kier alpha value is -0.760. The molecule has 1 fully saturated rings. The molecule has 20 heavy (non-hydrogen) atoms. The van der Waals surface area contributed by atoms with Crippen LogP contribution in [0.2, 0.25) is 0 Å². The van der Waals surface area contributed by atoms with E-state index >= 15 is 0 Å². The van der Waals surface area contributed by atoms with Gasteiger partial charge in [-0.3, -0.25) is 0 Å². The van der Waals surface area contributed by atoms with Gasteiger partial charge in [0.15, 0.2) is 0 Å². The molecule has 0 amide bonds. The molecule has 0 radical (unpaired) electrons. The van der Waals surface area contributed by atoms with Gasteiger partial charge in [-0.05, 0) is 24.6 Å². The van der Waals surface area contributed by atoms with Gasteiger partial charge in [0.25, 0.3) is 0 Å². The van der Waals surface area contributed by atoms with Crippen LogP contribution in [0.3, 0.4) is 0 Å². The van der Waals surface area contributed by atoms with Crippen molar-refractivity contribution >= 4 is 21.8 Å². The number of hydrogen-bond donors (Lipinski definition) is 1. The smallest absolute Gasteiger partial charge is 0.247 e. The summed E-state index contributed by atoms with van der Waals surface area (Å²) >= 11 is 1.78. The first-order valence-electron chi connectivity index (χ1n) is 6.47. The van der Waals surface area contributed by atoms with Crippen LogP contribution >= 0.6 is 11.8 Å². The molecule has 0 saturated carbocycles. The summed E-state index contributed by atoms with van der Waals surface area (Å²) in [7, 11) is -2.07. The predicted molar refractivity (Wildman–Crippen MR) is 81.6 cm³/mol. The second-order valence-corrected chi connectivity index (χ2v) is 7.74. The Bertz CT molecular complexity index is 575. The molecular formula is C13H20N2O3S2. The first-order valence-corrected chi connectivity index (χ1v) is 9.06. The monoisotopic (exact) mass is 316 g/mol. The summed E-state index contributed by atoms with van der Waals surface area (Å²) in [5.74, 6) is 2.01. The van der Waals surface area contributed by atoms with E-state index in [9.17, 15) is 8.42 Å². The van der Waals surface area contributed by atoms with Crippen molar-refractivity contribution in [2.75, 3.05) is 25.2 Å². The molecule has 1 saturated heterocycles. The van der Waals surface area contributed by atoms with Crippen LogP contribution in [0.1, 0.15) is 12.5 Å². The molecule has 1 atom stereocenters. The Morgan fingerprint density at radius 1 is 1.50 bits per heavy atom. The zero-order chi connectivity index (χ0) is 14.8. The summed E-state index contributed by atoms with van der Waals surface area (Å²) in [6.07, 6.45) is 0. The number of nitrogens with two attached hydrogens (primary N) is 1. The summed E-state index contributed by atoms with van der Waals surface area (Å²) in [5.41, 5.74) is 6.39. The number of nitrogens with zero attached hydrogens (tertiary/aromatic N) is 1. The van der Waals surface area contributed by atoms with Gasteiger partial charge < -0.3 is 10.5 Å². The lowest BCUT2D eigenvalue weighted by atomic mass is 10.2. The minimum absolute atomic E-state index is 0.00927. The fourth-order valence-corrected chi connectivity index (χ4v) is 5.31. The standard InChI is InChI=1S/C13H20N2O3S2/c1-10-9-19-6-5-15(10)20(16,17)13-7-11(8-14)3-4-12(13)18-2/h3-4,7,10H,5-6,8-9,14H2,1-2H3. The first-order chi connectivity index (χ1) is 9.50. The molecule has 112 valence electrons. The highest BCUT2D eigenvalue weighted by atomic mass is 32.2. The van der Waals surface area contributed by atoms with E-state index < -0.39 is 10.0 Å². The van der Waals surface area contributed by atoms with Crippen LogP contribution in [0.15, 0.2) is 23.1 Å². The van der Waals surface area contributed by atoms with E-state index in [0.29, 0.717) is 18.8 Å². The molecule has 2 N–H and O–H groups in total. The second kappa shape index (κ2) is 6.34. The summed E-state index contributed by atoms with van der Waals surface area (Å²) in [6.45, 7) is 2.77. The van der Waals surface area contributed by atoms with E-state index in [1.165, 1.54) is 7.11 Å². The number of benzene rings is 1. The van der Waals surface area contributed by atoms with Gasteiger partial charge in [0.05, 0.1) is 7.11 Å². The Balaban J connectivity index is 2.47. The molecule has 1 aromatic carbocycles. The van der Waals surface area contributed by atoms with Gasteiger partial charge in [-0.25, -0.2) is 8.42 Å². The van der Waals surface area contributed by atoms with Gasteiger partial charge >= 0.3 is 0 Å². The van der Waals surface area contributed by atoms with E-state index in [2.05, 4.69) is 0 Å². The molecule has 1 aliphatic heterocycles. The van der Waals surface area contributed by atoms with Crippen LogP contribution < -0.4 is 10.5 Å². The summed E-state index contributed by atoms with van der Waals surface area (Å²) in [5, 5.41) is 0. The number of sulfonamides is 1. The summed E-state index contributed by atoms with van der Waals surface area (Å²) in [6, 6.07) is 5.05. The lowest BCUT2D eigenvalue weighted by molar-refractivity contribution is 0.360. The van der Waals surface area contributed by atoms with Crippen molar-refractivity contribution in [1.82, 2.24) is 4.31 Å². The molecule has 1 aromatic rings. The SMILES string of the molecule is COc1ccc(CN)cc1S(=O)(=O)N1CCSCC1C. The average Bonchev–Trinajstić information content (AvgIpc) is 2.46. The van der Waals surface area contributed by atoms with Crippen molar-refractivity contribution in [3.05, 3.63) is 23.8 Å². The molecule has 1 heterocycles. The average molecular weight is 316 g/mol. The van der Waals surface area contributed by atoms with Crippen molar-refractivity contribution < 1.29 is 13.2 Å². The Kier molecular flexibility index (Phi) is 4.95. The summed E-state index contributed by atoms with van der Waals surface area (Å²) < 4.78 is 32.4. The van der Waals surface area contributed by atoms with E-state index in [-0.39, 0.29) is 10.9 Å². The zero-order valence-corrected chi connectivity index (χ0v) is 13.3. The van der Waals surface area contributed by atoms with Crippen molar-refractivity contribution in [2.24, 2.45) is 5.73 Å². The lowest BCUT2D eigenvalue weighted by Crippen LogP contribution is -2.44. The molecule has 0 spiro atoms. The number of ether oxygens (including phenoxy) is 1. The Morgan fingerprint density at radius 3 is 2.85 bits per heavy atom. The summed E-state index contributed by atoms with van der Waals surface area (Å²) in [4.78, 5) is 0.210. The van der Waals surface area contributed by atoms with Crippen LogP contribution in [0.25, 0.3) is 0 Å². The molecule has 2 rings (SSSR count). The van der Waals surface area contributed by atoms with Crippen molar-refractivity contribution in [2.45, 2.75) is 24.4 Å². The predicted octanol–water partition coefficient (Wildman–Crippen LogP) is 1.28. The van der Waals surface area contributed by atoms with Crippen LogP contribution in [-0.4, -0.2) is 43.9 Å². The van der Waals surface area contributed by atoms with Crippen molar-refractivity contribution in [3.63, 3.8) is 0 Å². The quantitative estimate of drug-likeness (QED) is 0.906. The molecule has 0 aliphatic carbocycles. The van der Waals surface area contributed by atoms with Crippen LogP contribution in [-0.2, 0) is 16.6 Å². The topological polar surface area (TPSA) is 72.6 Å². The maximum absolute atomic E-state index is 12.8. The highest BCUT2D eigenvalue weighted by molar-refractivity contribution is 7.99. The zero-order valence-electron chi connectivity index (χ0n) is 11.7. The minimum Gasteiger partial charge on any atom is -0.495 e. The highest BCUT2D eigenvalue weighted by Gasteiger charge is 2.33. The van der Waals surface area contributed by atoms with Crippen LogP contribution in [0.4, 0.5) is 0 Å². The molecule has 0 bridgehead atoms. The normalized spacial score (nSPS) is 20.9. The van der Waals surface area contributed by atoms with Crippen molar-refractivity contribution in [3.8, 4) is 5.75 Å². The minimum atomic E-state index is -3.55.